The Kier molecular flexibility index (Phi) is 5.25. The van der Waals surface area contributed by atoms with Gasteiger partial charge in [0.1, 0.15) is 0 Å². The number of thiophene rings is 1. The van der Waals surface area contributed by atoms with Crippen LogP contribution in [0.15, 0.2) is 48.0 Å². The van der Waals surface area contributed by atoms with Gasteiger partial charge in [0.05, 0.1) is 23.4 Å². The van der Waals surface area contributed by atoms with Crippen LogP contribution in [0.4, 0.5) is 5.69 Å². The molecule has 0 fully saturated rings. The fourth-order valence-electron chi connectivity index (χ4n) is 2.32. The maximum absolute atomic E-state index is 11.9. The zero-order chi connectivity index (χ0) is 16.8. The molecule has 1 amide bonds. The van der Waals surface area contributed by atoms with Crippen LogP contribution < -0.4 is 10.6 Å². The highest BCUT2D eigenvalue weighted by atomic mass is 32.1. The van der Waals surface area contributed by atoms with Crippen LogP contribution in [0.2, 0.25) is 0 Å². The number of carbonyl (C=O) groups is 1. The Hall–Kier alpha value is -2.64. The van der Waals surface area contributed by atoms with Gasteiger partial charge >= 0.3 is 0 Å². The number of hydrogen-bond acceptors (Lipinski definition) is 5. The summed E-state index contributed by atoms with van der Waals surface area (Å²) < 4.78 is 0. The molecule has 3 rings (SSSR count). The SMILES string of the molecule is O=C(NCCO)c1cccc(NCc2cn[nH]c2-c2cccs2)c1. The molecule has 7 heteroatoms. The van der Waals surface area contributed by atoms with Crippen molar-refractivity contribution in [3.8, 4) is 10.6 Å². The van der Waals surface area contributed by atoms with Crippen LogP contribution >= 0.6 is 11.3 Å². The number of benzene rings is 1. The number of aliphatic hydroxyl groups excluding tert-OH is 1. The number of nitrogens with one attached hydrogen (secondary N) is 3. The fourth-order valence-corrected chi connectivity index (χ4v) is 3.07. The number of aliphatic hydroxyl groups is 1. The van der Waals surface area contributed by atoms with Gasteiger partial charge in [0.25, 0.3) is 5.91 Å². The van der Waals surface area contributed by atoms with E-state index in [9.17, 15) is 4.79 Å². The second-order valence-corrected chi connectivity index (χ2v) is 6.11. The van der Waals surface area contributed by atoms with Crippen LogP contribution in [0.3, 0.4) is 0 Å². The van der Waals surface area contributed by atoms with Crippen molar-refractivity contribution < 1.29 is 9.90 Å². The van der Waals surface area contributed by atoms with Crippen LogP contribution in [-0.2, 0) is 6.54 Å². The van der Waals surface area contributed by atoms with Crippen molar-refractivity contribution in [1.29, 1.82) is 0 Å². The largest absolute Gasteiger partial charge is 0.395 e. The van der Waals surface area contributed by atoms with Gasteiger partial charge in [-0.3, -0.25) is 9.89 Å². The lowest BCUT2D eigenvalue weighted by Crippen LogP contribution is -2.26. The zero-order valence-corrected chi connectivity index (χ0v) is 13.8. The van der Waals surface area contributed by atoms with Gasteiger partial charge in [-0.05, 0) is 29.6 Å². The van der Waals surface area contributed by atoms with Crippen LogP contribution in [0.1, 0.15) is 15.9 Å². The molecule has 0 unspecified atom stereocenters. The monoisotopic (exact) mass is 342 g/mol. The average Bonchev–Trinajstić information content (AvgIpc) is 3.28. The van der Waals surface area contributed by atoms with Gasteiger partial charge in [-0.15, -0.1) is 11.3 Å². The van der Waals surface area contributed by atoms with Crippen molar-refractivity contribution in [1.82, 2.24) is 15.5 Å². The number of hydrogen-bond donors (Lipinski definition) is 4. The Balaban J connectivity index is 1.67. The van der Waals surface area contributed by atoms with Gasteiger partial charge in [-0.1, -0.05) is 12.1 Å². The van der Waals surface area contributed by atoms with Crippen molar-refractivity contribution in [3.63, 3.8) is 0 Å². The van der Waals surface area contributed by atoms with Crippen molar-refractivity contribution in [2.75, 3.05) is 18.5 Å². The third-order valence-electron chi connectivity index (χ3n) is 3.49. The summed E-state index contributed by atoms with van der Waals surface area (Å²) in [4.78, 5) is 13.1. The number of rotatable bonds is 7. The average molecular weight is 342 g/mol. The van der Waals surface area contributed by atoms with Crippen molar-refractivity contribution >= 4 is 22.9 Å². The predicted octanol–water partition coefficient (Wildman–Crippen LogP) is 2.47. The number of aromatic nitrogens is 2. The van der Waals surface area contributed by atoms with E-state index in [1.54, 1.807) is 29.7 Å². The van der Waals surface area contributed by atoms with Gasteiger partial charge in [-0.2, -0.15) is 5.10 Å². The lowest BCUT2D eigenvalue weighted by atomic mass is 10.1. The van der Waals surface area contributed by atoms with E-state index in [1.165, 1.54) is 0 Å². The summed E-state index contributed by atoms with van der Waals surface area (Å²) in [7, 11) is 0. The Bertz CT molecular complexity index is 799. The molecule has 0 bridgehead atoms. The number of amides is 1. The van der Waals surface area contributed by atoms with E-state index < -0.39 is 0 Å². The quantitative estimate of drug-likeness (QED) is 0.531. The summed E-state index contributed by atoms with van der Waals surface area (Å²) in [6, 6.07) is 11.3. The van der Waals surface area contributed by atoms with E-state index in [-0.39, 0.29) is 19.1 Å². The molecule has 0 radical (unpaired) electrons. The molecule has 1 aromatic carbocycles. The zero-order valence-electron chi connectivity index (χ0n) is 13.0. The molecule has 0 aliphatic heterocycles. The van der Waals surface area contributed by atoms with Crippen LogP contribution in [-0.4, -0.2) is 34.4 Å². The third kappa shape index (κ3) is 3.81. The molecule has 2 aromatic heterocycles. The summed E-state index contributed by atoms with van der Waals surface area (Å²) in [6.07, 6.45) is 1.81. The Labute approximate surface area is 143 Å². The summed E-state index contributed by atoms with van der Waals surface area (Å²) in [5.41, 5.74) is 3.48. The maximum atomic E-state index is 11.9. The highest BCUT2D eigenvalue weighted by molar-refractivity contribution is 7.13. The van der Waals surface area contributed by atoms with Gasteiger partial charge in [0.2, 0.25) is 0 Å². The predicted molar refractivity (Wildman–Crippen MR) is 95.1 cm³/mol. The van der Waals surface area contributed by atoms with E-state index >= 15 is 0 Å². The Morgan fingerprint density at radius 1 is 1.29 bits per heavy atom. The summed E-state index contributed by atoms with van der Waals surface area (Å²) >= 11 is 1.66. The van der Waals surface area contributed by atoms with Crippen LogP contribution in [0.25, 0.3) is 10.6 Å². The molecule has 0 saturated carbocycles. The molecule has 0 saturated heterocycles. The standard InChI is InChI=1S/C17H18N4O2S/c22-7-6-18-17(23)12-3-1-4-14(9-12)19-10-13-11-20-21-16(13)15-5-2-8-24-15/h1-5,8-9,11,19,22H,6-7,10H2,(H,18,23)(H,20,21). The first-order valence-corrected chi connectivity index (χ1v) is 8.45. The minimum atomic E-state index is -0.199. The second-order valence-electron chi connectivity index (χ2n) is 5.16. The van der Waals surface area contributed by atoms with Crippen LogP contribution in [0.5, 0.6) is 0 Å². The minimum absolute atomic E-state index is 0.0737. The molecule has 4 N–H and O–H groups in total. The van der Waals surface area contributed by atoms with E-state index in [1.807, 2.05) is 29.6 Å². The normalized spacial score (nSPS) is 10.5. The highest BCUT2D eigenvalue weighted by Crippen LogP contribution is 2.26. The van der Waals surface area contributed by atoms with Crippen molar-refractivity contribution in [2.45, 2.75) is 6.54 Å². The van der Waals surface area contributed by atoms with Crippen LogP contribution in [0, 0.1) is 0 Å². The molecule has 0 aliphatic rings. The van der Waals surface area contributed by atoms with Gasteiger partial charge in [0.15, 0.2) is 0 Å². The molecule has 0 aliphatic carbocycles. The van der Waals surface area contributed by atoms with E-state index in [2.05, 4.69) is 20.8 Å². The molecule has 0 atom stereocenters. The second kappa shape index (κ2) is 7.76. The molecular weight excluding hydrogens is 324 g/mol. The molecule has 3 aromatic rings. The smallest absolute Gasteiger partial charge is 0.251 e. The lowest BCUT2D eigenvalue weighted by molar-refractivity contribution is 0.0945. The van der Waals surface area contributed by atoms with Gasteiger partial charge < -0.3 is 15.7 Å². The van der Waals surface area contributed by atoms with E-state index in [4.69, 9.17) is 5.11 Å². The van der Waals surface area contributed by atoms with Gasteiger partial charge in [0, 0.05) is 29.9 Å². The first-order valence-electron chi connectivity index (χ1n) is 7.57. The molecule has 6 nitrogen and oxygen atoms in total. The Morgan fingerprint density at radius 2 is 2.21 bits per heavy atom. The first-order chi connectivity index (χ1) is 11.8. The van der Waals surface area contributed by atoms with Crippen molar-refractivity contribution in [2.24, 2.45) is 0 Å². The van der Waals surface area contributed by atoms with E-state index in [0.717, 1.165) is 21.8 Å². The minimum Gasteiger partial charge on any atom is -0.395 e. The summed E-state index contributed by atoms with van der Waals surface area (Å²) in [5.74, 6) is -0.199. The number of anilines is 1. The Morgan fingerprint density at radius 3 is 3.00 bits per heavy atom. The van der Waals surface area contributed by atoms with Crippen molar-refractivity contribution in [3.05, 3.63) is 59.1 Å². The number of aromatic amines is 1. The molecule has 24 heavy (non-hydrogen) atoms. The number of H-pyrrole nitrogens is 1. The summed E-state index contributed by atoms with van der Waals surface area (Å²) in [6.45, 7) is 0.775. The van der Waals surface area contributed by atoms with Gasteiger partial charge in [-0.25, -0.2) is 0 Å². The first kappa shape index (κ1) is 16.2. The number of nitrogens with zero attached hydrogens (tertiary/aromatic N) is 1. The molecule has 0 spiro atoms. The summed E-state index contributed by atoms with van der Waals surface area (Å²) in [5, 5.41) is 23.9. The third-order valence-corrected chi connectivity index (χ3v) is 4.38. The lowest BCUT2D eigenvalue weighted by Gasteiger charge is -2.09. The molecular formula is C17H18N4O2S. The molecule has 124 valence electrons. The highest BCUT2D eigenvalue weighted by Gasteiger charge is 2.09. The number of carbonyl (C=O) groups excluding carboxylic acids is 1. The topological polar surface area (TPSA) is 90.0 Å². The maximum Gasteiger partial charge on any atom is 0.251 e. The molecule has 2 heterocycles. The fraction of sp³-hybridized carbons (Fsp3) is 0.176. The van der Waals surface area contributed by atoms with E-state index in [0.29, 0.717) is 12.1 Å².